The van der Waals surface area contributed by atoms with Crippen molar-refractivity contribution >= 4 is 29.9 Å². The maximum absolute atomic E-state index is 13.6. The lowest BCUT2D eigenvalue weighted by atomic mass is 10.1. The van der Waals surface area contributed by atoms with Crippen molar-refractivity contribution in [2.24, 2.45) is 10.9 Å². The Bertz CT molecular complexity index is 585. The number of hydrogen-bond donors (Lipinski definition) is 2. The minimum atomic E-state index is -0.155. The SMILES string of the molecule is CN=C(NCCN(CC1CC1)C1CC1)NCc1ccc(C)c(F)c1.I. The summed E-state index contributed by atoms with van der Waals surface area (Å²) in [6, 6.07) is 6.16. The minimum absolute atomic E-state index is 0. The lowest BCUT2D eigenvalue weighted by Gasteiger charge is -2.22. The maximum atomic E-state index is 13.6. The average molecular weight is 460 g/mol. The van der Waals surface area contributed by atoms with E-state index in [1.807, 2.05) is 12.1 Å². The van der Waals surface area contributed by atoms with Gasteiger partial charge in [0.05, 0.1) is 0 Å². The van der Waals surface area contributed by atoms with E-state index in [0.29, 0.717) is 12.1 Å². The Morgan fingerprint density at radius 1 is 1.24 bits per heavy atom. The number of rotatable bonds is 8. The lowest BCUT2D eigenvalue weighted by Crippen LogP contribution is -2.42. The quantitative estimate of drug-likeness (QED) is 0.356. The van der Waals surface area contributed by atoms with Gasteiger partial charge in [0.25, 0.3) is 0 Å². The molecule has 1 aromatic rings. The molecule has 2 saturated carbocycles. The normalized spacial score (nSPS) is 17.4. The molecule has 2 aliphatic rings. The van der Waals surface area contributed by atoms with Crippen LogP contribution in [0.15, 0.2) is 23.2 Å². The van der Waals surface area contributed by atoms with Crippen molar-refractivity contribution in [1.82, 2.24) is 15.5 Å². The maximum Gasteiger partial charge on any atom is 0.191 e. The molecule has 1 aromatic carbocycles. The molecule has 0 aromatic heterocycles. The van der Waals surface area contributed by atoms with Gasteiger partial charge in [-0.2, -0.15) is 0 Å². The second-order valence-electron chi connectivity index (χ2n) is 7.11. The third-order valence-corrected chi connectivity index (χ3v) is 4.86. The van der Waals surface area contributed by atoms with Gasteiger partial charge in [0.1, 0.15) is 5.82 Å². The molecular formula is C19H30FIN4. The van der Waals surface area contributed by atoms with Crippen LogP contribution in [0.25, 0.3) is 0 Å². The van der Waals surface area contributed by atoms with Gasteiger partial charge in [-0.3, -0.25) is 9.89 Å². The Morgan fingerprint density at radius 3 is 2.60 bits per heavy atom. The van der Waals surface area contributed by atoms with E-state index in [1.165, 1.54) is 32.2 Å². The molecule has 0 amide bonds. The summed E-state index contributed by atoms with van der Waals surface area (Å²) >= 11 is 0. The number of hydrogen-bond acceptors (Lipinski definition) is 2. The summed E-state index contributed by atoms with van der Waals surface area (Å²) < 4.78 is 13.6. The molecule has 2 N–H and O–H groups in total. The fraction of sp³-hybridized carbons (Fsp3) is 0.632. The van der Waals surface area contributed by atoms with Crippen LogP contribution in [0.2, 0.25) is 0 Å². The molecule has 3 rings (SSSR count). The number of nitrogens with one attached hydrogen (secondary N) is 2. The first kappa shape index (κ1) is 20.4. The zero-order valence-electron chi connectivity index (χ0n) is 15.2. The van der Waals surface area contributed by atoms with Gasteiger partial charge in [-0.15, -0.1) is 24.0 Å². The predicted octanol–water partition coefficient (Wildman–Crippen LogP) is 3.29. The van der Waals surface area contributed by atoms with Crippen molar-refractivity contribution in [3.05, 3.63) is 35.1 Å². The highest BCUT2D eigenvalue weighted by atomic mass is 127. The smallest absolute Gasteiger partial charge is 0.191 e. The van der Waals surface area contributed by atoms with Gasteiger partial charge < -0.3 is 10.6 Å². The van der Waals surface area contributed by atoms with E-state index in [-0.39, 0.29) is 29.8 Å². The monoisotopic (exact) mass is 460 g/mol. The van der Waals surface area contributed by atoms with E-state index >= 15 is 0 Å². The standard InChI is InChI=1S/C19H29FN4.HI/c1-14-3-4-16(11-18(14)20)12-23-19(21-2)22-9-10-24(17-7-8-17)13-15-5-6-15;/h3-4,11,15,17H,5-10,12-13H2,1-2H3,(H2,21,22,23);1H. The fourth-order valence-corrected chi connectivity index (χ4v) is 2.97. The lowest BCUT2D eigenvalue weighted by molar-refractivity contribution is 0.256. The molecule has 0 heterocycles. The molecule has 140 valence electrons. The van der Waals surface area contributed by atoms with Crippen molar-refractivity contribution in [1.29, 1.82) is 0 Å². The highest BCUT2D eigenvalue weighted by molar-refractivity contribution is 14.0. The summed E-state index contributed by atoms with van der Waals surface area (Å²) in [5.41, 5.74) is 1.60. The molecule has 0 atom stereocenters. The first-order valence-electron chi connectivity index (χ1n) is 9.09. The first-order valence-corrected chi connectivity index (χ1v) is 9.09. The molecular weight excluding hydrogens is 430 g/mol. The van der Waals surface area contributed by atoms with E-state index in [2.05, 4.69) is 20.5 Å². The van der Waals surface area contributed by atoms with Gasteiger partial charge in [0.2, 0.25) is 0 Å². The van der Waals surface area contributed by atoms with Crippen LogP contribution < -0.4 is 10.6 Å². The van der Waals surface area contributed by atoms with Gasteiger partial charge in [0.15, 0.2) is 5.96 Å². The largest absolute Gasteiger partial charge is 0.355 e. The van der Waals surface area contributed by atoms with Crippen LogP contribution in [0, 0.1) is 18.7 Å². The molecule has 0 spiro atoms. The number of aliphatic imine (C=N–C) groups is 1. The summed E-state index contributed by atoms with van der Waals surface area (Å²) in [4.78, 5) is 6.89. The van der Waals surface area contributed by atoms with Crippen LogP contribution in [-0.4, -0.2) is 43.6 Å². The molecule has 0 bridgehead atoms. The van der Waals surface area contributed by atoms with Crippen molar-refractivity contribution in [3.63, 3.8) is 0 Å². The zero-order valence-corrected chi connectivity index (χ0v) is 17.6. The molecule has 4 nitrogen and oxygen atoms in total. The zero-order chi connectivity index (χ0) is 16.9. The Morgan fingerprint density at radius 2 is 2.00 bits per heavy atom. The Kier molecular flexibility index (Phi) is 7.93. The summed E-state index contributed by atoms with van der Waals surface area (Å²) in [6.07, 6.45) is 5.54. The van der Waals surface area contributed by atoms with Crippen LogP contribution in [-0.2, 0) is 6.54 Å². The molecule has 2 fully saturated rings. The third kappa shape index (κ3) is 6.73. The number of nitrogens with zero attached hydrogens (tertiary/aromatic N) is 2. The molecule has 0 unspecified atom stereocenters. The fourth-order valence-electron chi connectivity index (χ4n) is 2.97. The van der Waals surface area contributed by atoms with Crippen molar-refractivity contribution < 1.29 is 4.39 Å². The topological polar surface area (TPSA) is 39.7 Å². The minimum Gasteiger partial charge on any atom is -0.355 e. The second kappa shape index (κ2) is 9.71. The van der Waals surface area contributed by atoms with Gasteiger partial charge in [-0.05, 0) is 55.7 Å². The van der Waals surface area contributed by atoms with Crippen LogP contribution in [0.1, 0.15) is 36.8 Å². The summed E-state index contributed by atoms with van der Waals surface area (Å²) in [5.74, 6) is 1.56. The van der Waals surface area contributed by atoms with Gasteiger partial charge in [-0.1, -0.05) is 12.1 Å². The molecule has 0 radical (unpaired) electrons. The van der Waals surface area contributed by atoms with Crippen molar-refractivity contribution in [3.8, 4) is 0 Å². The van der Waals surface area contributed by atoms with Gasteiger partial charge in [0, 0.05) is 39.3 Å². The average Bonchev–Trinajstić information content (AvgIpc) is 3.46. The second-order valence-corrected chi connectivity index (χ2v) is 7.11. The van der Waals surface area contributed by atoms with E-state index < -0.39 is 0 Å². The molecule has 25 heavy (non-hydrogen) atoms. The predicted molar refractivity (Wildman–Crippen MR) is 112 cm³/mol. The number of benzene rings is 1. The highest BCUT2D eigenvalue weighted by Gasteiger charge is 2.33. The van der Waals surface area contributed by atoms with Gasteiger partial charge >= 0.3 is 0 Å². The number of guanidine groups is 1. The molecule has 2 aliphatic carbocycles. The summed E-state index contributed by atoms with van der Waals surface area (Å²) in [5, 5.41) is 6.63. The molecule has 0 saturated heterocycles. The van der Waals surface area contributed by atoms with Crippen molar-refractivity contribution in [2.75, 3.05) is 26.7 Å². The van der Waals surface area contributed by atoms with Gasteiger partial charge in [-0.25, -0.2) is 4.39 Å². The molecule has 6 heteroatoms. The van der Waals surface area contributed by atoms with Crippen LogP contribution in [0.4, 0.5) is 4.39 Å². The summed E-state index contributed by atoms with van der Waals surface area (Å²) in [6.45, 7) is 5.58. The highest BCUT2D eigenvalue weighted by Crippen LogP contribution is 2.34. The first-order chi connectivity index (χ1) is 11.7. The number of halogens is 2. The number of aryl methyl sites for hydroxylation is 1. The van der Waals surface area contributed by atoms with Crippen LogP contribution >= 0.6 is 24.0 Å². The Labute approximate surface area is 167 Å². The Balaban J connectivity index is 0.00000225. The van der Waals surface area contributed by atoms with E-state index in [9.17, 15) is 4.39 Å². The third-order valence-electron chi connectivity index (χ3n) is 4.86. The van der Waals surface area contributed by atoms with Crippen molar-refractivity contribution in [2.45, 2.75) is 45.2 Å². The van der Waals surface area contributed by atoms with E-state index in [0.717, 1.165) is 36.6 Å². The molecule has 0 aliphatic heterocycles. The van der Waals surface area contributed by atoms with Crippen LogP contribution in [0.5, 0.6) is 0 Å². The summed E-state index contributed by atoms with van der Waals surface area (Å²) in [7, 11) is 1.77. The Hall–Kier alpha value is -0.890. The van der Waals surface area contributed by atoms with E-state index in [1.54, 1.807) is 20.0 Å². The van der Waals surface area contributed by atoms with Crippen LogP contribution in [0.3, 0.4) is 0 Å². The van der Waals surface area contributed by atoms with E-state index in [4.69, 9.17) is 0 Å².